The summed E-state index contributed by atoms with van der Waals surface area (Å²) in [6, 6.07) is 2.65. The fraction of sp³-hybridized carbons (Fsp3) is 0.389. The highest BCUT2D eigenvalue weighted by Gasteiger charge is 2.27. The molecule has 0 aliphatic carbocycles. The van der Waals surface area contributed by atoms with Crippen LogP contribution < -0.4 is 10.1 Å². The molecule has 28 heavy (non-hydrogen) atoms. The average Bonchev–Trinajstić information content (AvgIpc) is 3.16. The van der Waals surface area contributed by atoms with Crippen molar-refractivity contribution in [3.8, 4) is 5.75 Å². The Kier molecular flexibility index (Phi) is 5.87. The first-order valence-corrected chi connectivity index (χ1v) is 8.50. The third kappa shape index (κ3) is 4.11. The van der Waals surface area contributed by atoms with Gasteiger partial charge in [0.05, 0.1) is 0 Å². The molecule has 3 rings (SSSR count). The topological polar surface area (TPSA) is 54.7 Å². The van der Waals surface area contributed by atoms with Crippen molar-refractivity contribution in [3.63, 3.8) is 0 Å². The van der Waals surface area contributed by atoms with Crippen LogP contribution >= 0.6 is 0 Å². The Morgan fingerprint density at radius 2 is 1.64 bits per heavy atom. The Labute approximate surface area is 157 Å². The van der Waals surface area contributed by atoms with Crippen molar-refractivity contribution in [1.82, 2.24) is 10.2 Å². The van der Waals surface area contributed by atoms with Crippen molar-refractivity contribution in [2.75, 3.05) is 20.1 Å². The standard InChI is InChI=1S/C18H17F5N2O3/c1-25-6-4-9(5-7-25)24-18(26)11-3-2-10(28-11)8-27-17-15(22)13(20)12(19)14(21)16(17)23/h2-3,9H,4-8H2,1H3,(H,24,26). The second-order valence-corrected chi connectivity index (χ2v) is 6.50. The molecule has 0 saturated carbocycles. The van der Waals surface area contributed by atoms with Crippen LogP contribution in [0.4, 0.5) is 22.0 Å². The van der Waals surface area contributed by atoms with Gasteiger partial charge in [0.2, 0.25) is 29.1 Å². The number of carbonyl (C=O) groups is 1. The van der Waals surface area contributed by atoms with E-state index >= 15 is 0 Å². The van der Waals surface area contributed by atoms with Gasteiger partial charge >= 0.3 is 0 Å². The van der Waals surface area contributed by atoms with Crippen LogP contribution in [0.15, 0.2) is 16.5 Å². The van der Waals surface area contributed by atoms with Crippen molar-refractivity contribution >= 4 is 5.91 Å². The van der Waals surface area contributed by atoms with Crippen LogP contribution in [0.25, 0.3) is 0 Å². The van der Waals surface area contributed by atoms with Gasteiger partial charge in [-0.2, -0.15) is 8.78 Å². The number of halogens is 5. The van der Waals surface area contributed by atoms with Gasteiger partial charge in [-0.1, -0.05) is 0 Å². The lowest BCUT2D eigenvalue weighted by atomic mass is 10.1. The fourth-order valence-corrected chi connectivity index (χ4v) is 2.84. The lowest BCUT2D eigenvalue weighted by molar-refractivity contribution is 0.0884. The zero-order valence-electron chi connectivity index (χ0n) is 14.8. The Hall–Kier alpha value is -2.62. The molecule has 2 aromatic rings. The van der Waals surface area contributed by atoms with E-state index in [0.29, 0.717) is 0 Å². The number of piperidine rings is 1. The molecule has 5 nitrogen and oxygen atoms in total. The summed E-state index contributed by atoms with van der Waals surface area (Å²) in [6.45, 7) is 1.08. The highest BCUT2D eigenvalue weighted by atomic mass is 19.2. The molecule has 1 aliphatic heterocycles. The number of carbonyl (C=O) groups excluding carboxylic acids is 1. The quantitative estimate of drug-likeness (QED) is 0.472. The van der Waals surface area contributed by atoms with E-state index in [1.54, 1.807) is 0 Å². The molecule has 2 heterocycles. The minimum absolute atomic E-state index is 0.00172. The smallest absolute Gasteiger partial charge is 0.287 e. The van der Waals surface area contributed by atoms with Crippen LogP contribution in [-0.2, 0) is 6.61 Å². The lowest BCUT2D eigenvalue weighted by Crippen LogP contribution is -2.43. The van der Waals surface area contributed by atoms with E-state index in [-0.39, 0.29) is 17.6 Å². The van der Waals surface area contributed by atoms with Gasteiger partial charge < -0.3 is 19.4 Å². The molecule has 1 N–H and O–H groups in total. The molecule has 1 aromatic carbocycles. The van der Waals surface area contributed by atoms with E-state index in [2.05, 4.69) is 10.2 Å². The second-order valence-electron chi connectivity index (χ2n) is 6.50. The summed E-state index contributed by atoms with van der Waals surface area (Å²) in [5, 5.41) is 2.82. The summed E-state index contributed by atoms with van der Waals surface area (Å²) in [4.78, 5) is 14.3. The molecular formula is C18H17F5N2O3. The Balaban J connectivity index is 1.63. The Bertz CT molecular complexity index is 849. The van der Waals surface area contributed by atoms with Crippen LogP contribution in [0, 0.1) is 29.1 Å². The van der Waals surface area contributed by atoms with Gasteiger partial charge in [-0.15, -0.1) is 0 Å². The minimum atomic E-state index is -2.27. The number of rotatable bonds is 5. The summed E-state index contributed by atoms with van der Waals surface area (Å²) in [6.07, 6.45) is 1.58. The van der Waals surface area contributed by atoms with E-state index in [9.17, 15) is 26.7 Å². The molecule has 1 amide bonds. The number of nitrogens with one attached hydrogen (secondary N) is 1. The molecule has 0 spiro atoms. The molecule has 0 atom stereocenters. The van der Waals surface area contributed by atoms with E-state index in [0.717, 1.165) is 25.9 Å². The molecule has 10 heteroatoms. The zero-order chi connectivity index (χ0) is 20.4. The molecule has 0 bridgehead atoms. The summed E-state index contributed by atoms with van der Waals surface area (Å²) in [5.41, 5.74) is 0. The second kappa shape index (κ2) is 8.17. The van der Waals surface area contributed by atoms with E-state index in [1.807, 2.05) is 7.05 Å². The van der Waals surface area contributed by atoms with Crippen molar-refractivity contribution in [3.05, 3.63) is 52.7 Å². The van der Waals surface area contributed by atoms with Crippen LogP contribution in [0.3, 0.4) is 0 Å². The largest absolute Gasteiger partial charge is 0.479 e. The fourth-order valence-electron chi connectivity index (χ4n) is 2.84. The first-order chi connectivity index (χ1) is 13.3. The summed E-state index contributed by atoms with van der Waals surface area (Å²) >= 11 is 0. The molecule has 1 saturated heterocycles. The van der Waals surface area contributed by atoms with Gasteiger partial charge in [0.15, 0.2) is 11.5 Å². The number of ether oxygens (including phenoxy) is 1. The third-order valence-electron chi connectivity index (χ3n) is 4.47. The van der Waals surface area contributed by atoms with Crippen molar-refractivity contribution in [1.29, 1.82) is 0 Å². The number of furan rings is 1. The predicted molar refractivity (Wildman–Crippen MR) is 87.3 cm³/mol. The SMILES string of the molecule is CN1CCC(NC(=O)c2ccc(COc3c(F)c(F)c(F)c(F)c3F)o2)CC1. The highest BCUT2D eigenvalue weighted by Crippen LogP contribution is 2.29. The van der Waals surface area contributed by atoms with Gasteiger partial charge in [-0.25, -0.2) is 13.2 Å². The number of hydrogen-bond donors (Lipinski definition) is 1. The van der Waals surface area contributed by atoms with Gasteiger partial charge in [0.25, 0.3) is 5.91 Å². The maximum absolute atomic E-state index is 13.6. The van der Waals surface area contributed by atoms with Crippen molar-refractivity contribution in [2.24, 2.45) is 0 Å². The summed E-state index contributed by atoms with van der Waals surface area (Å²) in [7, 11) is 1.99. The maximum atomic E-state index is 13.6. The summed E-state index contributed by atoms with van der Waals surface area (Å²) < 4.78 is 76.5. The summed E-state index contributed by atoms with van der Waals surface area (Å²) in [5.74, 6) is -12.6. The highest BCUT2D eigenvalue weighted by molar-refractivity contribution is 5.91. The predicted octanol–water partition coefficient (Wildman–Crippen LogP) is 3.38. The van der Waals surface area contributed by atoms with Crippen LogP contribution in [-0.4, -0.2) is 37.0 Å². The van der Waals surface area contributed by atoms with Gasteiger partial charge in [-0.05, 0) is 45.1 Å². The first-order valence-electron chi connectivity index (χ1n) is 8.50. The first kappa shape index (κ1) is 20.1. The van der Waals surface area contributed by atoms with E-state index < -0.39 is 47.3 Å². The lowest BCUT2D eigenvalue weighted by Gasteiger charge is -2.29. The molecular weight excluding hydrogens is 387 g/mol. The van der Waals surface area contributed by atoms with Crippen molar-refractivity contribution in [2.45, 2.75) is 25.5 Å². The Morgan fingerprint density at radius 1 is 1.07 bits per heavy atom. The van der Waals surface area contributed by atoms with E-state index in [1.165, 1.54) is 12.1 Å². The third-order valence-corrected chi connectivity index (χ3v) is 4.47. The van der Waals surface area contributed by atoms with Crippen LogP contribution in [0.2, 0.25) is 0 Å². The molecule has 1 aromatic heterocycles. The molecule has 0 unspecified atom stereocenters. The van der Waals surface area contributed by atoms with Gasteiger partial charge in [0, 0.05) is 6.04 Å². The number of likely N-dealkylation sites (tertiary alicyclic amines) is 1. The van der Waals surface area contributed by atoms with Gasteiger partial charge in [0.1, 0.15) is 12.4 Å². The maximum Gasteiger partial charge on any atom is 0.287 e. The van der Waals surface area contributed by atoms with Crippen LogP contribution in [0.1, 0.15) is 29.2 Å². The molecule has 1 fully saturated rings. The molecule has 152 valence electrons. The monoisotopic (exact) mass is 404 g/mol. The normalized spacial score (nSPS) is 15.6. The van der Waals surface area contributed by atoms with E-state index in [4.69, 9.17) is 9.15 Å². The average molecular weight is 404 g/mol. The zero-order valence-corrected chi connectivity index (χ0v) is 14.8. The number of nitrogens with zero attached hydrogens (tertiary/aromatic N) is 1. The van der Waals surface area contributed by atoms with Crippen LogP contribution in [0.5, 0.6) is 5.75 Å². The van der Waals surface area contributed by atoms with Crippen molar-refractivity contribution < 1.29 is 35.9 Å². The minimum Gasteiger partial charge on any atom is -0.479 e. The number of hydrogen-bond acceptors (Lipinski definition) is 4. The number of benzene rings is 1. The van der Waals surface area contributed by atoms with Gasteiger partial charge in [-0.3, -0.25) is 4.79 Å². The number of amides is 1. The Morgan fingerprint density at radius 3 is 2.25 bits per heavy atom. The molecule has 0 radical (unpaired) electrons. The molecule has 1 aliphatic rings.